The Morgan fingerprint density at radius 2 is 1.83 bits per heavy atom. The second-order valence-corrected chi connectivity index (χ2v) is 5.03. The summed E-state index contributed by atoms with van der Waals surface area (Å²) in [7, 11) is 0. The molecule has 0 saturated carbocycles. The molecular formula is C15H23NO2. The summed E-state index contributed by atoms with van der Waals surface area (Å²) >= 11 is 0. The third kappa shape index (κ3) is 4.00. The average molecular weight is 249 g/mol. The highest BCUT2D eigenvalue weighted by molar-refractivity contribution is 5.28. The lowest BCUT2D eigenvalue weighted by Gasteiger charge is -2.26. The summed E-state index contributed by atoms with van der Waals surface area (Å²) in [6.07, 6.45) is 0. The highest BCUT2D eigenvalue weighted by atomic mass is 16.5. The van der Waals surface area contributed by atoms with Gasteiger partial charge in [0.2, 0.25) is 0 Å². The molecule has 3 heteroatoms. The number of rotatable bonds is 5. The molecule has 2 rings (SSSR count). The lowest BCUT2D eigenvalue weighted by molar-refractivity contribution is 0.0322. The van der Waals surface area contributed by atoms with Gasteiger partial charge >= 0.3 is 0 Å². The fourth-order valence-corrected chi connectivity index (χ4v) is 2.07. The van der Waals surface area contributed by atoms with Gasteiger partial charge in [0.05, 0.1) is 13.2 Å². The molecule has 100 valence electrons. The van der Waals surface area contributed by atoms with E-state index in [1.54, 1.807) is 0 Å². The van der Waals surface area contributed by atoms with Gasteiger partial charge in [0.15, 0.2) is 0 Å². The van der Waals surface area contributed by atoms with Crippen LogP contribution in [0.4, 0.5) is 0 Å². The van der Waals surface area contributed by atoms with E-state index in [9.17, 15) is 0 Å². The predicted molar refractivity (Wildman–Crippen MR) is 73.3 cm³/mol. The van der Waals surface area contributed by atoms with E-state index in [0.29, 0.717) is 5.92 Å². The molecule has 0 amide bonds. The molecule has 0 aliphatic carbocycles. The second kappa shape index (κ2) is 6.76. The van der Waals surface area contributed by atoms with Crippen LogP contribution in [-0.2, 0) is 4.74 Å². The maximum atomic E-state index is 5.76. The van der Waals surface area contributed by atoms with Crippen molar-refractivity contribution in [2.45, 2.75) is 19.8 Å². The van der Waals surface area contributed by atoms with Crippen molar-refractivity contribution in [3.05, 3.63) is 29.8 Å². The number of morpholine rings is 1. The van der Waals surface area contributed by atoms with Crippen molar-refractivity contribution in [2.75, 3.05) is 39.5 Å². The van der Waals surface area contributed by atoms with Crippen LogP contribution in [0, 0.1) is 0 Å². The van der Waals surface area contributed by atoms with Crippen LogP contribution in [0.25, 0.3) is 0 Å². The van der Waals surface area contributed by atoms with Crippen molar-refractivity contribution in [3.8, 4) is 5.75 Å². The molecule has 18 heavy (non-hydrogen) atoms. The normalized spacial score (nSPS) is 17.1. The van der Waals surface area contributed by atoms with Crippen LogP contribution in [-0.4, -0.2) is 44.4 Å². The van der Waals surface area contributed by atoms with E-state index in [2.05, 4.69) is 43.0 Å². The van der Waals surface area contributed by atoms with Gasteiger partial charge in [-0.15, -0.1) is 0 Å². The first-order valence-electron chi connectivity index (χ1n) is 6.78. The first kappa shape index (κ1) is 13.4. The van der Waals surface area contributed by atoms with E-state index < -0.39 is 0 Å². The van der Waals surface area contributed by atoms with Crippen molar-refractivity contribution in [1.29, 1.82) is 0 Å². The molecular weight excluding hydrogens is 226 g/mol. The van der Waals surface area contributed by atoms with E-state index in [4.69, 9.17) is 9.47 Å². The van der Waals surface area contributed by atoms with E-state index in [1.807, 2.05) is 0 Å². The minimum atomic E-state index is 0.576. The summed E-state index contributed by atoms with van der Waals surface area (Å²) < 4.78 is 11.1. The molecule has 0 N–H and O–H groups in total. The Kier molecular flexibility index (Phi) is 5.02. The minimum absolute atomic E-state index is 0.576. The van der Waals surface area contributed by atoms with E-state index in [0.717, 1.165) is 45.2 Å². The topological polar surface area (TPSA) is 21.7 Å². The third-order valence-electron chi connectivity index (χ3n) is 3.33. The van der Waals surface area contributed by atoms with Crippen molar-refractivity contribution in [2.24, 2.45) is 0 Å². The van der Waals surface area contributed by atoms with Crippen molar-refractivity contribution in [1.82, 2.24) is 4.90 Å². The number of benzene rings is 1. The molecule has 1 aromatic carbocycles. The lowest BCUT2D eigenvalue weighted by atomic mass is 10.0. The summed E-state index contributed by atoms with van der Waals surface area (Å²) in [6.45, 7) is 9.89. The highest BCUT2D eigenvalue weighted by Crippen LogP contribution is 2.18. The van der Waals surface area contributed by atoms with Gasteiger partial charge in [-0.3, -0.25) is 4.90 Å². The fourth-order valence-electron chi connectivity index (χ4n) is 2.07. The molecule has 3 nitrogen and oxygen atoms in total. The van der Waals surface area contributed by atoms with Crippen molar-refractivity contribution < 1.29 is 9.47 Å². The van der Waals surface area contributed by atoms with Crippen LogP contribution < -0.4 is 4.74 Å². The van der Waals surface area contributed by atoms with Gasteiger partial charge in [0, 0.05) is 19.6 Å². The largest absolute Gasteiger partial charge is 0.492 e. The SMILES string of the molecule is CC(C)c1ccc(OCCN2CCOCC2)cc1. The molecule has 0 unspecified atom stereocenters. The summed E-state index contributed by atoms with van der Waals surface area (Å²) in [4.78, 5) is 2.38. The number of hydrogen-bond donors (Lipinski definition) is 0. The molecule has 1 saturated heterocycles. The number of nitrogens with zero attached hydrogens (tertiary/aromatic N) is 1. The molecule has 1 fully saturated rings. The van der Waals surface area contributed by atoms with Crippen LogP contribution >= 0.6 is 0 Å². The Bertz CT molecular complexity index is 342. The lowest BCUT2D eigenvalue weighted by Crippen LogP contribution is -2.38. The molecule has 0 aromatic heterocycles. The van der Waals surface area contributed by atoms with Crippen LogP contribution in [0.1, 0.15) is 25.3 Å². The van der Waals surface area contributed by atoms with Crippen molar-refractivity contribution >= 4 is 0 Å². The molecule has 1 aliphatic rings. The van der Waals surface area contributed by atoms with Gasteiger partial charge in [0.25, 0.3) is 0 Å². The second-order valence-electron chi connectivity index (χ2n) is 5.03. The molecule has 0 radical (unpaired) electrons. The predicted octanol–water partition coefficient (Wildman–Crippen LogP) is 2.52. The standard InChI is InChI=1S/C15H23NO2/c1-13(2)14-3-5-15(6-4-14)18-12-9-16-7-10-17-11-8-16/h3-6,13H,7-12H2,1-2H3. The van der Waals surface area contributed by atoms with Crippen LogP contribution in [0.2, 0.25) is 0 Å². The summed E-state index contributed by atoms with van der Waals surface area (Å²) in [6, 6.07) is 8.42. The molecule has 0 atom stereocenters. The number of ether oxygens (including phenoxy) is 2. The van der Waals surface area contributed by atoms with Crippen molar-refractivity contribution in [3.63, 3.8) is 0 Å². The van der Waals surface area contributed by atoms with Crippen LogP contribution in [0.15, 0.2) is 24.3 Å². The fraction of sp³-hybridized carbons (Fsp3) is 0.600. The molecule has 1 aliphatic heterocycles. The van der Waals surface area contributed by atoms with Gasteiger partial charge in [0.1, 0.15) is 12.4 Å². The molecule has 0 bridgehead atoms. The summed E-state index contributed by atoms with van der Waals surface area (Å²) in [5, 5.41) is 0. The van der Waals surface area contributed by atoms with Crippen LogP contribution in [0.5, 0.6) is 5.75 Å². The molecule has 1 aromatic rings. The highest BCUT2D eigenvalue weighted by Gasteiger charge is 2.09. The maximum absolute atomic E-state index is 5.76. The Morgan fingerprint density at radius 3 is 2.44 bits per heavy atom. The minimum Gasteiger partial charge on any atom is -0.492 e. The van der Waals surface area contributed by atoms with Gasteiger partial charge in [-0.25, -0.2) is 0 Å². The van der Waals surface area contributed by atoms with Gasteiger partial charge in [-0.2, -0.15) is 0 Å². The Hall–Kier alpha value is -1.06. The maximum Gasteiger partial charge on any atom is 0.119 e. The average Bonchev–Trinajstić information content (AvgIpc) is 2.40. The van der Waals surface area contributed by atoms with Crippen LogP contribution in [0.3, 0.4) is 0 Å². The third-order valence-corrected chi connectivity index (χ3v) is 3.33. The summed E-state index contributed by atoms with van der Waals surface area (Å²) in [5.41, 5.74) is 1.36. The molecule has 0 spiro atoms. The molecule has 1 heterocycles. The Morgan fingerprint density at radius 1 is 1.17 bits per heavy atom. The first-order valence-corrected chi connectivity index (χ1v) is 6.78. The van der Waals surface area contributed by atoms with Gasteiger partial charge < -0.3 is 9.47 Å². The van der Waals surface area contributed by atoms with Gasteiger partial charge in [-0.05, 0) is 23.6 Å². The monoisotopic (exact) mass is 249 g/mol. The van der Waals surface area contributed by atoms with E-state index in [1.165, 1.54) is 5.56 Å². The zero-order valence-electron chi connectivity index (χ0n) is 11.4. The number of hydrogen-bond acceptors (Lipinski definition) is 3. The van der Waals surface area contributed by atoms with Gasteiger partial charge in [-0.1, -0.05) is 26.0 Å². The Balaban J connectivity index is 1.72. The summed E-state index contributed by atoms with van der Waals surface area (Å²) in [5.74, 6) is 1.54. The first-order chi connectivity index (χ1) is 8.75. The quantitative estimate of drug-likeness (QED) is 0.800. The zero-order valence-corrected chi connectivity index (χ0v) is 11.4. The Labute approximate surface area is 110 Å². The smallest absolute Gasteiger partial charge is 0.119 e. The van der Waals surface area contributed by atoms with E-state index >= 15 is 0 Å². The van der Waals surface area contributed by atoms with E-state index in [-0.39, 0.29) is 0 Å². The zero-order chi connectivity index (χ0) is 12.8.